The van der Waals surface area contributed by atoms with Crippen molar-refractivity contribution in [1.82, 2.24) is 10.2 Å². The van der Waals surface area contributed by atoms with Gasteiger partial charge in [0.2, 0.25) is 5.91 Å². The minimum Gasteiger partial charge on any atom is -0.496 e. The summed E-state index contributed by atoms with van der Waals surface area (Å²) < 4.78 is 33.6. The maximum Gasteiger partial charge on any atom is 0.263 e. The molecule has 1 aromatic heterocycles. The molecule has 9 heteroatoms. The lowest BCUT2D eigenvalue weighted by Crippen LogP contribution is -2.33. The second-order valence-electron chi connectivity index (χ2n) is 7.21. The quantitative estimate of drug-likeness (QED) is 0.652. The van der Waals surface area contributed by atoms with Crippen LogP contribution in [0.15, 0.2) is 53.4 Å². The lowest BCUT2D eigenvalue weighted by Gasteiger charge is -2.20. The van der Waals surface area contributed by atoms with Crippen LogP contribution in [-0.2, 0) is 21.2 Å². The molecule has 2 N–H and O–H groups in total. The number of ether oxygens (including phenoxy) is 1. The largest absolute Gasteiger partial charge is 0.496 e. The molecule has 1 aliphatic heterocycles. The SMILES string of the molecule is COc1ccccc1-c1cc(NS(=O)(=O)c2ccc3c(c2)CC(C)N3C(C)=O)n[nH]1. The fourth-order valence-electron chi connectivity index (χ4n) is 3.83. The van der Waals surface area contributed by atoms with E-state index in [1.54, 1.807) is 30.2 Å². The number of sulfonamides is 1. The first-order valence-electron chi connectivity index (χ1n) is 9.44. The highest BCUT2D eigenvalue weighted by atomic mass is 32.2. The molecule has 0 radical (unpaired) electrons. The Kier molecular flexibility index (Phi) is 4.98. The summed E-state index contributed by atoms with van der Waals surface area (Å²) in [6.07, 6.45) is 0.610. The van der Waals surface area contributed by atoms with E-state index in [-0.39, 0.29) is 22.7 Å². The number of hydrogen-bond donors (Lipinski definition) is 2. The number of benzene rings is 2. The Morgan fingerprint density at radius 3 is 2.73 bits per heavy atom. The monoisotopic (exact) mass is 426 g/mol. The molecule has 0 saturated heterocycles. The van der Waals surface area contributed by atoms with Gasteiger partial charge in [0.05, 0.1) is 17.7 Å². The minimum absolute atomic E-state index is 0.00170. The van der Waals surface area contributed by atoms with Crippen molar-refractivity contribution in [3.8, 4) is 17.0 Å². The lowest BCUT2D eigenvalue weighted by atomic mass is 10.1. The molecule has 1 atom stereocenters. The summed E-state index contributed by atoms with van der Waals surface area (Å²) in [5.74, 6) is 0.767. The molecule has 1 unspecified atom stereocenters. The molecule has 1 amide bonds. The van der Waals surface area contributed by atoms with Gasteiger partial charge in [0, 0.05) is 30.3 Å². The molecule has 2 aromatic carbocycles. The average Bonchev–Trinajstić information content (AvgIpc) is 3.30. The second-order valence-corrected chi connectivity index (χ2v) is 8.89. The molecule has 8 nitrogen and oxygen atoms in total. The Labute approximate surface area is 174 Å². The number of para-hydroxylation sites is 1. The number of rotatable bonds is 5. The van der Waals surface area contributed by atoms with Crippen LogP contribution in [0.3, 0.4) is 0 Å². The summed E-state index contributed by atoms with van der Waals surface area (Å²) in [6, 6.07) is 13.8. The molecule has 4 rings (SSSR count). The number of carbonyl (C=O) groups is 1. The van der Waals surface area contributed by atoms with Crippen molar-refractivity contribution >= 4 is 27.4 Å². The number of amides is 1. The number of fused-ring (bicyclic) bond motifs is 1. The summed E-state index contributed by atoms with van der Waals surface area (Å²) in [4.78, 5) is 13.7. The van der Waals surface area contributed by atoms with E-state index >= 15 is 0 Å². The van der Waals surface area contributed by atoms with Crippen LogP contribution in [0, 0.1) is 0 Å². The van der Waals surface area contributed by atoms with Crippen LogP contribution in [0.1, 0.15) is 19.4 Å². The zero-order valence-electron chi connectivity index (χ0n) is 16.8. The molecule has 3 aromatic rings. The first-order chi connectivity index (χ1) is 14.3. The van der Waals surface area contributed by atoms with Crippen LogP contribution in [0.2, 0.25) is 0 Å². The number of aromatic amines is 1. The highest BCUT2D eigenvalue weighted by Gasteiger charge is 2.30. The predicted molar refractivity (Wildman–Crippen MR) is 114 cm³/mol. The third kappa shape index (κ3) is 3.52. The number of nitrogens with zero attached hydrogens (tertiary/aromatic N) is 2. The van der Waals surface area contributed by atoms with E-state index in [4.69, 9.17) is 4.74 Å². The van der Waals surface area contributed by atoms with Crippen molar-refractivity contribution < 1.29 is 17.9 Å². The molecule has 156 valence electrons. The molecule has 30 heavy (non-hydrogen) atoms. The van der Waals surface area contributed by atoms with Crippen LogP contribution in [-0.4, -0.2) is 37.7 Å². The van der Waals surface area contributed by atoms with Crippen LogP contribution in [0.5, 0.6) is 5.75 Å². The Morgan fingerprint density at radius 2 is 2.00 bits per heavy atom. The highest BCUT2D eigenvalue weighted by Crippen LogP contribution is 2.34. The summed E-state index contributed by atoms with van der Waals surface area (Å²) in [5.41, 5.74) is 2.99. The number of nitrogens with one attached hydrogen (secondary N) is 2. The van der Waals surface area contributed by atoms with Crippen molar-refractivity contribution in [3.63, 3.8) is 0 Å². The van der Waals surface area contributed by atoms with Gasteiger partial charge in [-0.1, -0.05) is 12.1 Å². The van der Waals surface area contributed by atoms with Gasteiger partial charge in [0.1, 0.15) is 5.75 Å². The lowest BCUT2D eigenvalue weighted by molar-refractivity contribution is -0.116. The Hall–Kier alpha value is -3.33. The van der Waals surface area contributed by atoms with E-state index in [1.165, 1.54) is 13.0 Å². The fraction of sp³-hybridized carbons (Fsp3) is 0.238. The van der Waals surface area contributed by atoms with E-state index in [2.05, 4.69) is 14.9 Å². The van der Waals surface area contributed by atoms with Gasteiger partial charge in [-0.2, -0.15) is 5.10 Å². The molecule has 0 saturated carbocycles. The number of aromatic nitrogens is 2. The molecule has 1 aliphatic rings. The Bertz CT molecular complexity index is 1220. The number of carbonyl (C=O) groups excluding carboxylic acids is 1. The number of anilines is 2. The van der Waals surface area contributed by atoms with Gasteiger partial charge in [0.25, 0.3) is 10.0 Å². The van der Waals surface area contributed by atoms with Crippen LogP contribution < -0.4 is 14.4 Å². The maximum atomic E-state index is 12.9. The smallest absolute Gasteiger partial charge is 0.263 e. The fourth-order valence-corrected chi connectivity index (χ4v) is 4.87. The molecule has 0 bridgehead atoms. The molecule has 0 aliphatic carbocycles. The third-order valence-electron chi connectivity index (χ3n) is 5.13. The van der Waals surface area contributed by atoms with E-state index in [0.717, 1.165) is 16.8 Å². The average molecular weight is 426 g/mol. The maximum absolute atomic E-state index is 12.9. The van der Waals surface area contributed by atoms with Crippen molar-refractivity contribution in [2.24, 2.45) is 0 Å². The summed E-state index contributed by atoms with van der Waals surface area (Å²) in [5, 5.41) is 6.91. The molecule has 2 heterocycles. The summed E-state index contributed by atoms with van der Waals surface area (Å²) in [7, 11) is -2.27. The van der Waals surface area contributed by atoms with E-state index < -0.39 is 10.0 Å². The molecule has 0 fully saturated rings. The number of H-pyrrole nitrogens is 1. The van der Waals surface area contributed by atoms with E-state index in [9.17, 15) is 13.2 Å². The molecule has 0 spiro atoms. The highest BCUT2D eigenvalue weighted by molar-refractivity contribution is 7.92. The molecular weight excluding hydrogens is 404 g/mol. The first kappa shape index (κ1) is 20.0. The van der Waals surface area contributed by atoms with Gasteiger partial charge < -0.3 is 9.64 Å². The predicted octanol–water partition coefficient (Wildman–Crippen LogP) is 3.18. The van der Waals surface area contributed by atoms with Crippen molar-refractivity contribution in [2.45, 2.75) is 31.2 Å². The van der Waals surface area contributed by atoms with Gasteiger partial charge >= 0.3 is 0 Å². The van der Waals surface area contributed by atoms with Crippen LogP contribution in [0.4, 0.5) is 11.5 Å². The minimum atomic E-state index is -3.84. The van der Waals surface area contributed by atoms with Crippen LogP contribution >= 0.6 is 0 Å². The Morgan fingerprint density at radius 1 is 1.23 bits per heavy atom. The zero-order valence-corrected chi connectivity index (χ0v) is 17.7. The zero-order chi connectivity index (χ0) is 21.5. The molecular formula is C21H22N4O4S. The number of hydrogen-bond acceptors (Lipinski definition) is 5. The van der Waals surface area contributed by atoms with Gasteiger partial charge in [0.15, 0.2) is 5.82 Å². The Balaban J connectivity index is 1.60. The van der Waals surface area contributed by atoms with E-state index in [1.807, 2.05) is 31.2 Å². The normalized spacial score (nSPS) is 15.7. The summed E-state index contributed by atoms with van der Waals surface area (Å²) >= 11 is 0. The van der Waals surface area contributed by atoms with E-state index in [0.29, 0.717) is 17.9 Å². The van der Waals surface area contributed by atoms with Gasteiger partial charge in [-0.25, -0.2) is 8.42 Å². The first-order valence-corrected chi connectivity index (χ1v) is 10.9. The van der Waals surface area contributed by atoms with Gasteiger partial charge in [-0.15, -0.1) is 0 Å². The topological polar surface area (TPSA) is 104 Å². The van der Waals surface area contributed by atoms with Crippen LogP contribution in [0.25, 0.3) is 11.3 Å². The van der Waals surface area contributed by atoms with Gasteiger partial charge in [-0.3, -0.25) is 14.6 Å². The van der Waals surface area contributed by atoms with Crippen molar-refractivity contribution in [1.29, 1.82) is 0 Å². The van der Waals surface area contributed by atoms with Crippen molar-refractivity contribution in [3.05, 3.63) is 54.1 Å². The third-order valence-corrected chi connectivity index (χ3v) is 6.48. The second kappa shape index (κ2) is 7.49. The van der Waals surface area contributed by atoms with Crippen molar-refractivity contribution in [2.75, 3.05) is 16.7 Å². The summed E-state index contributed by atoms with van der Waals surface area (Å²) in [6.45, 7) is 3.45. The standard InChI is InChI=1S/C21H22N4O4S/c1-13-10-15-11-16(8-9-19(15)25(13)14(2)26)30(27,28)24-21-12-18(22-23-21)17-6-4-5-7-20(17)29-3/h4-9,11-13H,10H2,1-3H3,(H2,22,23,24). The number of methoxy groups -OCH3 is 1. The van der Waals surface area contributed by atoms with Gasteiger partial charge in [-0.05, 0) is 49.2 Å².